The molecule has 0 N–H and O–H groups in total. The summed E-state index contributed by atoms with van der Waals surface area (Å²) in [7, 11) is -1.83. The summed E-state index contributed by atoms with van der Waals surface area (Å²) in [6.07, 6.45) is 1.17. The van der Waals surface area contributed by atoms with Gasteiger partial charge in [0.25, 0.3) is 0 Å². The first-order valence-electron chi connectivity index (χ1n) is 10.9. The van der Waals surface area contributed by atoms with Crippen LogP contribution < -0.4 is 4.74 Å². The number of rotatable bonds is 4. The molecule has 0 radical (unpaired) electrons. The number of nitrogens with zero attached hydrogens (tertiary/aromatic N) is 2. The lowest BCUT2D eigenvalue weighted by atomic mass is 10.2. The van der Waals surface area contributed by atoms with E-state index in [2.05, 4.69) is 0 Å². The Morgan fingerprint density at radius 3 is 3.29 bits per heavy atom. The third kappa shape index (κ3) is 2.44. The summed E-state index contributed by atoms with van der Waals surface area (Å²) in [6, 6.07) is 2.10. The van der Waals surface area contributed by atoms with Crippen LogP contribution in [0.25, 0.3) is 10.9 Å². The van der Waals surface area contributed by atoms with Crippen LogP contribution >= 0.6 is 0 Å². The van der Waals surface area contributed by atoms with Gasteiger partial charge in [0.1, 0.15) is 5.75 Å². The summed E-state index contributed by atoms with van der Waals surface area (Å²) >= 11 is 0. The maximum atomic E-state index is 8.46. The number of hydrogen-bond acceptors (Lipinski definition) is 2. The van der Waals surface area contributed by atoms with Crippen molar-refractivity contribution >= 4 is 10.9 Å². The zero-order valence-electron chi connectivity index (χ0n) is 21.2. The van der Waals surface area contributed by atoms with Gasteiger partial charge < -0.3 is 14.2 Å². The molecule has 92 valence electrons. The number of ether oxygens (including phenoxy) is 1. The molecule has 1 aromatic carbocycles. The maximum absolute atomic E-state index is 8.46. The molecule has 0 saturated carbocycles. The summed E-state index contributed by atoms with van der Waals surface area (Å²) in [4.78, 5) is 0.213. The minimum atomic E-state index is -3.33. The molecule has 0 bridgehead atoms. The summed E-state index contributed by atoms with van der Waals surface area (Å²) in [5, 5.41) is 0.319. The lowest BCUT2D eigenvalue weighted by molar-refractivity contribution is 0.286. The van der Waals surface area contributed by atoms with Gasteiger partial charge in [0.05, 0.1) is 13.9 Å². The molecule has 0 fully saturated rings. The third-order valence-corrected chi connectivity index (χ3v) is 2.34. The van der Waals surface area contributed by atoms with E-state index in [1.54, 1.807) is 0 Å². The fourth-order valence-electron chi connectivity index (χ4n) is 1.47. The molecule has 3 nitrogen and oxygen atoms in total. The summed E-state index contributed by atoms with van der Waals surface area (Å²) < 4.78 is 98.1. The first kappa shape index (κ1) is 4.02. The van der Waals surface area contributed by atoms with Crippen molar-refractivity contribution in [2.24, 2.45) is 0 Å². The van der Waals surface area contributed by atoms with Gasteiger partial charge in [0.15, 0.2) is 0 Å². The highest BCUT2D eigenvalue weighted by molar-refractivity contribution is 5.81. The van der Waals surface area contributed by atoms with E-state index < -0.39 is 33.4 Å². The quantitative estimate of drug-likeness (QED) is 0.822. The molecule has 3 heteroatoms. The Bertz CT molecular complexity index is 881. The normalized spacial score (nSPS) is 28.6. The van der Waals surface area contributed by atoms with Crippen molar-refractivity contribution in [3.05, 3.63) is 30.5 Å². The first-order chi connectivity index (χ1) is 12.8. The van der Waals surface area contributed by atoms with Crippen molar-refractivity contribution in [3.8, 4) is 5.75 Å². The van der Waals surface area contributed by atoms with Crippen molar-refractivity contribution in [2.75, 3.05) is 21.1 Å². The number of aromatic nitrogens is 1. The molecular formula is C14H20N2O. The molecule has 1 aromatic heterocycles. The van der Waals surface area contributed by atoms with Gasteiger partial charge in [-0.2, -0.15) is 0 Å². The fourth-order valence-corrected chi connectivity index (χ4v) is 1.47. The molecule has 0 aliphatic carbocycles. The summed E-state index contributed by atoms with van der Waals surface area (Å²) in [5.74, 6) is -0.0108. The van der Waals surface area contributed by atoms with Gasteiger partial charge in [0, 0.05) is 39.2 Å². The number of methoxy groups -OCH3 is 1. The average Bonchev–Trinajstić information content (AvgIpc) is 2.93. The molecule has 0 spiro atoms. The van der Waals surface area contributed by atoms with Crippen LogP contribution in [0.1, 0.15) is 23.3 Å². The Morgan fingerprint density at radius 1 is 1.59 bits per heavy atom. The van der Waals surface area contributed by atoms with E-state index >= 15 is 0 Å². The van der Waals surface area contributed by atoms with Gasteiger partial charge in [-0.05, 0) is 45.1 Å². The van der Waals surface area contributed by atoms with E-state index in [1.165, 1.54) is 30.5 Å². The van der Waals surface area contributed by atoms with Crippen molar-refractivity contribution in [3.63, 3.8) is 0 Å². The monoisotopic (exact) mass is 244 g/mol. The zero-order chi connectivity index (χ0) is 22.6. The van der Waals surface area contributed by atoms with Crippen molar-refractivity contribution in [1.82, 2.24) is 9.47 Å². The SMILES string of the molecule is [2H]C([2H])([2H])Oc1ccc2c(ccn2C([2H])([2H])[C@]([2H])(N(C)C([2H])([2H])[2H])C([2H])([2H])[2H])c1. The Kier molecular flexibility index (Phi) is 1.14. The van der Waals surface area contributed by atoms with Gasteiger partial charge >= 0.3 is 0 Å². The van der Waals surface area contributed by atoms with Gasteiger partial charge in [0.2, 0.25) is 0 Å². The van der Waals surface area contributed by atoms with Gasteiger partial charge in [-0.15, -0.1) is 0 Å². The highest BCUT2D eigenvalue weighted by Crippen LogP contribution is 2.22. The molecule has 0 aliphatic rings. The van der Waals surface area contributed by atoms with Crippen LogP contribution in [-0.2, 0) is 6.50 Å². The molecular weight excluding hydrogens is 212 g/mol. The standard InChI is InChI=1S/C14H20N2O/c1-11(15(2)3)10-16-8-7-12-9-13(17-4)5-6-14(12)16/h5-9,11H,10H2,1-4H3/t11-/m1/s1/i1D3,2D3,4D3,10D2,11D. The van der Waals surface area contributed by atoms with Gasteiger partial charge in [-0.25, -0.2) is 0 Å². The molecule has 2 aromatic rings. The second kappa shape index (κ2) is 4.80. The Labute approximate surface area is 119 Å². The molecule has 0 aliphatic heterocycles. The topological polar surface area (TPSA) is 17.4 Å². The third-order valence-electron chi connectivity index (χ3n) is 2.34. The predicted octanol–water partition coefficient (Wildman–Crippen LogP) is 2.60. The molecule has 0 saturated heterocycles. The van der Waals surface area contributed by atoms with Crippen LogP contribution in [0.5, 0.6) is 5.75 Å². The number of hydrogen-bond donors (Lipinski definition) is 0. The van der Waals surface area contributed by atoms with Crippen LogP contribution in [0.2, 0.25) is 0 Å². The van der Waals surface area contributed by atoms with E-state index in [-0.39, 0.29) is 16.2 Å². The summed E-state index contributed by atoms with van der Waals surface area (Å²) in [6.45, 7) is -9.40. The van der Waals surface area contributed by atoms with Crippen molar-refractivity contribution in [1.29, 1.82) is 0 Å². The lowest BCUT2D eigenvalue weighted by Crippen LogP contribution is -2.28. The zero-order valence-corrected chi connectivity index (χ0v) is 9.19. The molecule has 2 rings (SSSR count). The second-order valence-corrected chi connectivity index (χ2v) is 3.53. The Morgan fingerprint density at radius 2 is 2.53 bits per heavy atom. The minimum absolute atomic E-state index is 0.0108. The highest BCUT2D eigenvalue weighted by atomic mass is 16.5. The van der Waals surface area contributed by atoms with E-state index in [1.807, 2.05) is 0 Å². The summed E-state index contributed by atoms with van der Waals surface area (Å²) in [5.41, 5.74) is 0.132. The van der Waals surface area contributed by atoms with Crippen LogP contribution in [0.3, 0.4) is 0 Å². The highest BCUT2D eigenvalue weighted by Gasteiger charge is 2.08. The number of fused-ring (bicyclic) bond motifs is 1. The number of likely N-dealkylation sites (N-methyl/N-ethyl adjacent to an activating group) is 1. The smallest absolute Gasteiger partial charge is 0.119 e. The Hall–Kier alpha value is -1.48. The van der Waals surface area contributed by atoms with Crippen molar-refractivity contribution < 1.29 is 21.2 Å². The van der Waals surface area contributed by atoms with Gasteiger partial charge in [-0.1, -0.05) is 0 Å². The Balaban J connectivity index is 2.65. The predicted molar refractivity (Wildman–Crippen MR) is 71.6 cm³/mol. The molecule has 1 heterocycles. The van der Waals surface area contributed by atoms with Crippen LogP contribution in [0, 0.1) is 0 Å². The van der Waals surface area contributed by atoms with E-state index in [0.29, 0.717) is 5.39 Å². The van der Waals surface area contributed by atoms with E-state index in [4.69, 9.17) is 21.2 Å². The lowest BCUT2D eigenvalue weighted by Gasteiger charge is -2.20. The number of benzene rings is 1. The largest absolute Gasteiger partial charge is 0.497 e. The van der Waals surface area contributed by atoms with Crippen LogP contribution in [0.4, 0.5) is 0 Å². The molecule has 0 unspecified atom stereocenters. The van der Waals surface area contributed by atoms with Crippen LogP contribution in [-0.4, -0.2) is 36.5 Å². The maximum Gasteiger partial charge on any atom is 0.119 e. The van der Waals surface area contributed by atoms with Gasteiger partial charge in [-0.3, -0.25) is 0 Å². The fraction of sp³-hybridized carbons (Fsp3) is 0.429. The van der Waals surface area contributed by atoms with Crippen molar-refractivity contribution in [2.45, 2.75) is 19.4 Å². The minimum Gasteiger partial charge on any atom is -0.497 e. The van der Waals surface area contributed by atoms with E-state index in [9.17, 15) is 0 Å². The van der Waals surface area contributed by atoms with E-state index in [0.717, 1.165) is 11.6 Å². The second-order valence-electron chi connectivity index (χ2n) is 3.53. The first-order valence-corrected chi connectivity index (χ1v) is 4.87. The molecule has 0 amide bonds. The van der Waals surface area contributed by atoms with Crippen LogP contribution in [0.15, 0.2) is 30.5 Å². The molecule has 17 heavy (non-hydrogen) atoms. The molecule has 1 atom stereocenters. The average molecular weight is 244 g/mol.